The van der Waals surface area contributed by atoms with Gasteiger partial charge in [-0.3, -0.25) is 0 Å². The van der Waals surface area contributed by atoms with Gasteiger partial charge >= 0.3 is 0 Å². The summed E-state index contributed by atoms with van der Waals surface area (Å²) in [7, 11) is -16.0. The number of allylic oxidation sites excluding steroid dienone is 2. The third-order valence-electron chi connectivity index (χ3n) is 36.5. The minimum Gasteiger partial charge on any atom is -0.398 e. The summed E-state index contributed by atoms with van der Waals surface area (Å²) < 4.78 is 0. The summed E-state index contributed by atoms with van der Waals surface area (Å²) in [5.41, 5.74) is 41.9. The van der Waals surface area contributed by atoms with E-state index in [-0.39, 0.29) is 45.8 Å². The summed E-state index contributed by atoms with van der Waals surface area (Å²) in [5.74, 6) is 0.439. The second-order valence-electron chi connectivity index (χ2n) is 48.0. The van der Waals surface area contributed by atoms with Crippen LogP contribution in [0.5, 0.6) is 0 Å². The fraction of sp³-hybridized carbons (Fsp3) is 0.679. The normalized spacial score (nSPS) is 16.0. The minimum absolute atomic E-state index is 0. The maximum absolute atomic E-state index is 7.75. The van der Waals surface area contributed by atoms with Crippen molar-refractivity contribution < 1.29 is 0 Å². The average Bonchev–Trinajstić information content (AvgIpc) is 0.715. The number of anilines is 2. The van der Waals surface area contributed by atoms with E-state index in [1.54, 1.807) is 63.8 Å². The highest BCUT2D eigenvalue weighted by Crippen LogP contribution is 2.60. The zero-order valence-corrected chi connectivity index (χ0v) is 101. The van der Waals surface area contributed by atoms with Gasteiger partial charge in [-0.2, -0.15) is 0 Å². The van der Waals surface area contributed by atoms with E-state index in [0.29, 0.717) is 133 Å². The first kappa shape index (κ1) is 112. The van der Waals surface area contributed by atoms with Crippen LogP contribution in [0.3, 0.4) is 0 Å². The Hall–Kier alpha value is -2.38. The number of benzene rings is 6. The molecule has 2 atom stereocenters. The maximum atomic E-state index is 7.75. The lowest BCUT2D eigenvalue weighted by atomic mass is 9.79. The summed E-state index contributed by atoms with van der Waals surface area (Å²) in [6.45, 7) is 122. The Morgan fingerprint density at radius 1 is 0.210 bits per heavy atom. The third kappa shape index (κ3) is 17.8. The lowest BCUT2D eigenvalue weighted by Crippen LogP contribution is -2.57. The fourth-order valence-corrected chi connectivity index (χ4v) is 88.7. The van der Waals surface area contributed by atoms with Crippen molar-refractivity contribution in [3.63, 3.8) is 0 Å². The number of hydrogen-bond acceptors (Lipinski definition) is 2. The SMILES string of the molecule is Br.Br.CC(C)[Si](C1=CC[C@@H](c2c(N)cc([Si](C(C)C)(C(C)C)C(C)C)c3cc([Si](C(C)C)(C(C)C)C(C)C)ccc23)c2ccc([Si](C(C)C)(C(C)C)C(C)C)cc21)(C(C)C)C(C)C.CC(C)[Si](C1=CC[C@@H](c2c(N)cc([Si](C(C)C)(C(C)C)C(C)C)c3cc([Si](C(C)C)(C(C)C)C(C)C)ccc23)c2ccc([Si](C(C)C)(C(C)C)C(C)C)cc21)(C(C)C)C(C)C. The van der Waals surface area contributed by atoms with Crippen molar-refractivity contribution in [1.29, 1.82) is 0 Å². The molecule has 0 heterocycles. The molecule has 8 rings (SSSR count). The van der Waals surface area contributed by atoms with Crippen molar-refractivity contribution in [3.8, 4) is 0 Å². The molecule has 6 aromatic rings. The molecule has 2 aliphatic rings. The second kappa shape index (κ2) is 42.5. The molecule has 0 unspecified atom stereocenters. The average molecular weight is 1960 g/mol. The van der Waals surface area contributed by atoms with Gasteiger partial charge in [0.15, 0.2) is 0 Å². The molecule has 0 saturated heterocycles. The first-order chi connectivity index (χ1) is 56.2. The summed E-state index contributed by atoms with van der Waals surface area (Å²) >= 11 is 0. The standard InChI is InChI=1S/2C56H97NSi4.2BrH/c2*1-34(2)58(35(3)4,36(5)6)46-25-27-48-49(29-30-54(51(48)31-46)60(40(13)14,41(15)16)42(17)18)56-50-28-26-47(59(37(7)8,38(9)10)39(11)12)32-52(50)55(33-53(56)57)61(43(19)20,44(21)22)45(23)24;;/h2*25-28,30-45,49H,29,57H2,1-24H3;2*1H/t2*49-;;/m11../s1. The van der Waals surface area contributed by atoms with Crippen LogP contribution in [0.25, 0.3) is 31.9 Å². The topological polar surface area (TPSA) is 52.0 Å². The predicted octanol–water partition coefficient (Wildman–Crippen LogP) is 35.6. The van der Waals surface area contributed by atoms with Crippen molar-refractivity contribution >= 4 is 173 Å². The van der Waals surface area contributed by atoms with Crippen LogP contribution in [-0.2, 0) is 0 Å². The number of rotatable bonds is 34. The second-order valence-corrected chi connectivity index (χ2v) is 95.1. The van der Waals surface area contributed by atoms with E-state index in [1.807, 2.05) is 0 Å². The molecule has 0 saturated carbocycles. The van der Waals surface area contributed by atoms with Gasteiger partial charge in [0.25, 0.3) is 0 Å². The van der Waals surface area contributed by atoms with Crippen LogP contribution in [0, 0.1) is 0 Å². The molecule has 0 bridgehead atoms. The quantitative estimate of drug-likeness (QED) is 0.0312. The third-order valence-corrected chi connectivity index (χ3v) is 93.1. The number of nitrogen functional groups attached to an aromatic ring is 2. The highest BCUT2D eigenvalue weighted by molar-refractivity contribution is 8.93. The molecule has 0 amide bonds. The molecule has 2 aliphatic carbocycles. The fourth-order valence-electron chi connectivity index (χ4n) is 33.7. The smallest absolute Gasteiger partial charge is 0.0951 e. The van der Waals surface area contributed by atoms with E-state index in [0.717, 1.165) is 24.2 Å². The summed E-state index contributed by atoms with van der Waals surface area (Å²) in [4.78, 5) is 0. The Kier molecular flexibility index (Phi) is 38.4. The Morgan fingerprint density at radius 2 is 0.387 bits per heavy atom. The van der Waals surface area contributed by atoms with Gasteiger partial charge in [0.1, 0.15) is 0 Å². The van der Waals surface area contributed by atoms with E-state index in [9.17, 15) is 0 Å². The Labute approximate surface area is 798 Å². The molecular formula is C112H196Br2N2Si8. The highest BCUT2D eigenvalue weighted by Gasteiger charge is 2.56. The van der Waals surface area contributed by atoms with Crippen LogP contribution in [-0.4, -0.2) is 64.6 Å². The maximum Gasteiger partial charge on any atom is 0.0951 e. The van der Waals surface area contributed by atoms with Gasteiger partial charge in [0.05, 0.1) is 64.6 Å². The minimum atomic E-state index is -2.11. The number of nitrogens with two attached hydrogens (primary N) is 2. The highest BCUT2D eigenvalue weighted by atomic mass is 79.9. The van der Waals surface area contributed by atoms with Crippen LogP contribution in [0.2, 0.25) is 133 Å². The molecule has 0 aromatic heterocycles. The molecule has 12 heteroatoms. The molecular weight excluding hydrogens is 1760 g/mol. The van der Waals surface area contributed by atoms with Crippen LogP contribution in [0.4, 0.5) is 11.4 Å². The van der Waals surface area contributed by atoms with Crippen LogP contribution in [0.1, 0.15) is 390 Å². The van der Waals surface area contributed by atoms with Crippen LogP contribution < -0.4 is 42.6 Å². The predicted molar refractivity (Wildman–Crippen MR) is 605 cm³/mol. The molecule has 6 aromatic carbocycles. The van der Waals surface area contributed by atoms with Gasteiger partial charge in [-0.15, -0.1) is 34.0 Å². The molecule has 0 radical (unpaired) electrons. The van der Waals surface area contributed by atoms with Gasteiger partial charge in [-0.05, 0) is 223 Å². The van der Waals surface area contributed by atoms with Crippen molar-refractivity contribution in [2.45, 2.75) is 490 Å². The monoisotopic (exact) mass is 1950 g/mol. The van der Waals surface area contributed by atoms with Crippen LogP contribution >= 0.6 is 34.0 Å². The van der Waals surface area contributed by atoms with Crippen molar-refractivity contribution in [3.05, 3.63) is 130 Å². The van der Waals surface area contributed by atoms with E-state index >= 15 is 0 Å². The Morgan fingerprint density at radius 3 is 0.573 bits per heavy atom. The zero-order valence-electron chi connectivity index (χ0n) is 89.6. The lowest BCUT2D eigenvalue weighted by Gasteiger charge is -2.49. The lowest BCUT2D eigenvalue weighted by molar-refractivity contribution is 0.807. The molecule has 2 nitrogen and oxygen atoms in total. The Balaban J connectivity index is 0.000000433. The summed E-state index contributed by atoms with van der Waals surface area (Å²) in [6, 6.07) is 37.3. The van der Waals surface area contributed by atoms with Gasteiger partial charge in [-0.1, -0.05) is 448 Å². The molecule has 124 heavy (non-hydrogen) atoms. The summed E-state index contributed by atoms with van der Waals surface area (Å²) in [6.07, 6.45) is 7.63. The van der Waals surface area contributed by atoms with E-state index < -0.39 is 64.6 Å². The largest absolute Gasteiger partial charge is 0.398 e. The van der Waals surface area contributed by atoms with E-state index in [4.69, 9.17) is 11.5 Å². The van der Waals surface area contributed by atoms with Gasteiger partial charge < -0.3 is 11.5 Å². The van der Waals surface area contributed by atoms with Crippen LogP contribution in [0.15, 0.2) is 97.1 Å². The van der Waals surface area contributed by atoms with Crippen molar-refractivity contribution in [1.82, 2.24) is 0 Å². The first-order valence-electron chi connectivity index (χ1n) is 50.7. The van der Waals surface area contributed by atoms with E-state index in [1.165, 1.54) is 32.7 Å². The molecule has 0 fully saturated rings. The number of fused-ring (bicyclic) bond motifs is 4. The number of halogens is 2. The van der Waals surface area contributed by atoms with E-state index in [2.05, 4.69) is 429 Å². The molecule has 700 valence electrons. The molecule has 4 N–H and O–H groups in total. The molecule has 0 spiro atoms. The zero-order chi connectivity index (χ0) is 93.3. The van der Waals surface area contributed by atoms with Gasteiger partial charge in [-0.25, -0.2) is 0 Å². The molecule has 0 aliphatic heterocycles. The van der Waals surface area contributed by atoms with Gasteiger partial charge in [0.2, 0.25) is 0 Å². The summed E-state index contributed by atoms with van der Waals surface area (Å²) in [5, 5.41) is 19.4. The van der Waals surface area contributed by atoms with Gasteiger partial charge in [0, 0.05) is 23.2 Å². The Bertz CT molecular complexity index is 4140. The van der Waals surface area contributed by atoms with Crippen molar-refractivity contribution in [2.24, 2.45) is 0 Å². The first-order valence-corrected chi connectivity index (χ1v) is 68.5. The van der Waals surface area contributed by atoms with Crippen molar-refractivity contribution in [2.75, 3.05) is 11.5 Å². The number of hydrogen-bond donors (Lipinski definition) is 2.